The van der Waals surface area contributed by atoms with Crippen molar-refractivity contribution >= 4 is 23.4 Å². The number of benzene rings is 1. The second-order valence-electron chi connectivity index (χ2n) is 5.53. The third-order valence-corrected chi connectivity index (χ3v) is 3.81. The first kappa shape index (κ1) is 15.0. The molecule has 1 aromatic rings. The lowest BCUT2D eigenvalue weighted by Crippen LogP contribution is -2.21. The van der Waals surface area contributed by atoms with E-state index in [1.54, 1.807) is 12.1 Å². The van der Waals surface area contributed by atoms with Crippen molar-refractivity contribution in [3.63, 3.8) is 0 Å². The van der Waals surface area contributed by atoms with Crippen molar-refractivity contribution in [2.75, 3.05) is 18.5 Å². The Morgan fingerprint density at radius 3 is 2.76 bits per heavy atom. The molecule has 0 heterocycles. The average molecular weight is 290 g/mol. The van der Waals surface area contributed by atoms with Crippen molar-refractivity contribution in [1.82, 2.24) is 0 Å². The number of nitrogens with zero attached hydrogens (tertiary/aromatic N) is 2. The van der Waals surface area contributed by atoms with Crippen LogP contribution in [0.25, 0.3) is 6.08 Å². The van der Waals surface area contributed by atoms with Crippen LogP contribution in [0.15, 0.2) is 24.3 Å². The first-order valence-electron chi connectivity index (χ1n) is 6.79. The summed E-state index contributed by atoms with van der Waals surface area (Å²) in [5.74, 6) is 0.201. The fourth-order valence-corrected chi connectivity index (χ4v) is 2.38. The molecule has 1 N–H and O–H groups in total. The Morgan fingerprint density at radius 1 is 1.57 bits per heavy atom. The summed E-state index contributed by atoms with van der Waals surface area (Å²) < 4.78 is 0. The summed E-state index contributed by atoms with van der Waals surface area (Å²) in [6.07, 6.45) is 3.48. The van der Waals surface area contributed by atoms with E-state index in [9.17, 15) is 14.9 Å². The summed E-state index contributed by atoms with van der Waals surface area (Å²) in [5, 5.41) is 19.8. The molecule has 0 aliphatic heterocycles. The second kappa shape index (κ2) is 5.95. The van der Waals surface area contributed by atoms with Crippen LogP contribution in [0, 0.1) is 22.0 Å². The van der Waals surface area contributed by atoms with Crippen molar-refractivity contribution in [3.05, 3.63) is 40.0 Å². The molecule has 0 aromatic heterocycles. The molecule has 1 aliphatic carbocycles. The number of nitro benzene ring substituents is 1. The van der Waals surface area contributed by atoms with Gasteiger partial charge in [0.2, 0.25) is 0 Å². The number of carbonyl (C=O) groups is 1. The molecule has 0 saturated heterocycles. The Hall–Kier alpha value is -2.37. The van der Waals surface area contributed by atoms with Crippen LogP contribution in [0.3, 0.4) is 0 Å². The molecule has 6 heteroatoms. The van der Waals surface area contributed by atoms with E-state index in [0.29, 0.717) is 23.1 Å². The van der Waals surface area contributed by atoms with E-state index in [1.165, 1.54) is 12.1 Å². The zero-order valence-corrected chi connectivity index (χ0v) is 12.0. The molecule has 6 nitrogen and oxygen atoms in total. The lowest BCUT2D eigenvalue weighted by atomic mass is 10.1. The van der Waals surface area contributed by atoms with Crippen LogP contribution in [0.5, 0.6) is 0 Å². The number of carboxylic acid groups (broad SMARTS) is 1. The molecule has 1 saturated carbocycles. The zero-order chi connectivity index (χ0) is 15.6. The second-order valence-corrected chi connectivity index (χ2v) is 5.53. The van der Waals surface area contributed by atoms with Gasteiger partial charge in [-0.05, 0) is 36.0 Å². The van der Waals surface area contributed by atoms with Crippen LogP contribution in [0.4, 0.5) is 11.4 Å². The third kappa shape index (κ3) is 3.81. The molecule has 1 aliphatic rings. The highest BCUT2D eigenvalue weighted by atomic mass is 16.6. The maximum absolute atomic E-state index is 11.2. The molecule has 0 spiro atoms. The van der Waals surface area contributed by atoms with Gasteiger partial charge in [-0.15, -0.1) is 0 Å². The van der Waals surface area contributed by atoms with Gasteiger partial charge in [0.25, 0.3) is 5.69 Å². The van der Waals surface area contributed by atoms with Crippen molar-refractivity contribution in [2.45, 2.75) is 13.3 Å². The lowest BCUT2D eigenvalue weighted by Gasteiger charge is -2.19. The molecule has 1 aromatic carbocycles. The van der Waals surface area contributed by atoms with E-state index >= 15 is 0 Å². The minimum Gasteiger partial charge on any atom is -0.478 e. The first-order valence-corrected chi connectivity index (χ1v) is 6.79. The van der Waals surface area contributed by atoms with Crippen LogP contribution < -0.4 is 4.90 Å². The van der Waals surface area contributed by atoms with Crippen LogP contribution in [-0.4, -0.2) is 29.6 Å². The quantitative estimate of drug-likeness (QED) is 0.495. The zero-order valence-electron chi connectivity index (χ0n) is 12.0. The lowest BCUT2D eigenvalue weighted by molar-refractivity contribution is -0.384. The molecule has 1 fully saturated rings. The number of hydrogen-bond acceptors (Lipinski definition) is 4. The summed E-state index contributed by atoms with van der Waals surface area (Å²) in [7, 11) is 1.85. The maximum Gasteiger partial charge on any atom is 0.328 e. The molecule has 0 amide bonds. The highest BCUT2D eigenvalue weighted by molar-refractivity contribution is 5.85. The van der Waals surface area contributed by atoms with Gasteiger partial charge in [0.05, 0.1) is 4.92 Å². The van der Waals surface area contributed by atoms with Crippen molar-refractivity contribution in [1.29, 1.82) is 0 Å². The predicted octanol–water partition coefficient (Wildman–Crippen LogP) is 2.78. The Morgan fingerprint density at radius 2 is 2.24 bits per heavy atom. The van der Waals surface area contributed by atoms with Gasteiger partial charge in [-0.3, -0.25) is 10.1 Å². The van der Waals surface area contributed by atoms with Gasteiger partial charge < -0.3 is 10.0 Å². The smallest absolute Gasteiger partial charge is 0.328 e. The molecule has 2 unspecified atom stereocenters. The van der Waals surface area contributed by atoms with Crippen molar-refractivity contribution in [2.24, 2.45) is 11.8 Å². The van der Waals surface area contributed by atoms with E-state index in [4.69, 9.17) is 5.11 Å². The van der Waals surface area contributed by atoms with Gasteiger partial charge in [-0.2, -0.15) is 0 Å². The van der Waals surface area contributed by atoms with E-state index in [0.717, 1.165) is 19.0 Å². The van der Waals surface area contributed by atoms with E-state index in [2.05, 4.69) is 6.92 Å². The molecule has 0 bridgehead atoms. The number of rotatable bonds is 6. The van der Waals surface area contributed by atoms with Crippen LogP contribution >= 0.6 is 0 Å². The number of hydrogen-bond donors (Lipinski definition) is 1. The first-order chi connectivity index (χ1) is 9.88. The van der Waals surface area contributed by atoms with Gasteiger partial charge in [0.15, 0.2) is 0 Å². The number of carboxylic acids is 1. The predicted molar refractivity (Wildman–Crippen MR) is 80.3 cm³/mol. The SMILES string of the molecule is CC1CC1CN(C)c1ccc(C=CC(=O)O)cc1[N+](=O)[O-]. The fraction of sp³-hybridized carbons (Fsp3) is 0.400. The largest absolute Gasteiger partial charge is 0.478 e. The van der Waals surface area contributed by atoms with Crippen LogP contribution in [0.1, 0.15) is 18.9 Å². The van der Waals surface area contributed by atoms with E-state index in [-0.39, 0.29) is 5.69 Å². The average Bonchev–Trinajstić information content (AvgIpc) is 3.11. The Bertz CT molecular complexity index is 597. The molecular formula is C15H18N2O4. The summed E-state index contributed by atoms with van der Waals surface area (Å²) >= 11 is 0. The summed E-state index contributed by atoms with van der Waals surface area (Å²) in [6, 6.07) is 4.77. The van der Waals surface area contributed by atoms with Crippen LogP contribution in [-0.2, 0) is 4.79 Å². The van der Waals surface area contributed by atoms with Gasteiger partial charge in [-0.25, -0.2) is 4.79 Å². The standard InChI is InChI=1S/C15H18N2O4/c1-10-7-12(10)9-16(2)13-5-3-11(4-6-15(18)19)8-14(13)17(20)21/h3-6,8,10,12H,7,9H2,1-2H3,(H,18,19). The topological polar surface area (TPSA) is 83.7 Å². The van der Waals surface area contributed by atoms with E-state index in [1.807, 2.05) is 11.9 Å². The Balaban J connectivity index is 2.24. The van der Waals surface area contributed by atoms with Gasteiger partial charge in [0.1, 0.15) is 5.69 Å². The third-order valence-electron chi connectivity index (χ3n) is 3.81. The minimum atomic E-state index is -1.08. The highest BCUT2D eigenvalue weighted by Crippen LogP contribution is 2.40. The van der Waals surface area contributed by atoms with Crippen molar-refractivity contribution < 1.29 is 14.8 Å². The molecule has 112 valence electrons. The molecule has 2 atom stereocenters. The maximum atomic E-state index is 11.2. The molecule has 2 rings (SSSR count). The Kier molecular flexibility index (Phi) is 4.26. The summed E-state index contributed by atoms with van der Waals surface area (Å²) in [4.78, 5) is 23.2. The fourth-order valence-electron chi connectivity index (χ4n) is 2.38. The van der Waals surface area contributed by atoms with Gasteiger partial charge >= 0.3 is 5.97 Å². The number of anilines is 1. The highest BCUT2D eigenvalue weighted by Gasteiger charge is 2.34. The number of nitro groups is 1. The van der Waals surface area contributed by atoms with E-state index < -0.39 is 10.9 Å². The molecule has 21 heavy (non-hydrogen) atoms. The summed E-state index contributed by atoms with van der Waals surface area (Å²) in [6.45, 7) is 2.97. The van der Waals surface area contributed by atoms with Gasteiger partial charge in [-0.1, -0.05) is 13.0 Å². The minimum absolute atomic E-state index is 0.00154. The van der Waals surface area contributed by atoms with Crippen LogP contribution in [0.2, 0.25) is 0 Å². The normalized spacial score (nSPS) is 20.5. The molecule has 0 radical (unpaired) electrons. The summed E-state index contributed by atoms with van der Waals surface area (Å²) in [5.41, 5.74) is 1.06. The van der Waals surface area contributed by atoms with Gasteiger partial charge in [0, 0.05) is 25.7 Å². The van der Waals surface area contributed by atoms with Crippen molar-refractivity contribution in [3.8, 4) is 0 Å². The monoisotopic (exact) mass is 290 g/mol. The Labute approximate surface area is 122 Å². The molecular weight excluding hydrogens is 272 g/mol. The number of aliphatic carboxylic acids is 1.